The van der Waals surface area contributed by atoms with Crippen LogP contribution in [0.1, 0.15) is 35.6 Å². The van der Waals surface area contributed by atoms with Crippen molar-refractivity contribution in [3.63, 3.8) is 0 Å². The zero-order valence-electron chi connectivity index (χ0n) is 19.3. The molecule has 9 heteroatoms. The highest BCUT2D eigenvalue weighted by atomic mass is 32.2. The molecular weight excluding hydrogens is 482 g/mol. The summed E-state index contributed by atoms with van der Waals surface area (Å²) in [7, 11) is 0. The van der Waals surface area contributed by atoms with Crippen LogP contribution in [0.15, 0.2) is 82.9 Å². The highest BCUT2D eigenvalue weighted by Gasteiger charge is 2.39. The van der Waals surface area contributed by atoms with Gasteiger partial charge in [0.1, 0.15) is 16.9 Å². The molecule has 5 rings (SSSR count). The summed E-state index contributed by atoms with van der Waals surface area (Å²) in [5.74, 6) is -1.60. The summed E-state index contributed by atoms with van der Waals surface area (Å²) in [5, 5.41) is 8.75. The fraction of sp³-hybridized carbons (Fsp3) is 0.185. The number of nitrogens with one attached hydrogen (secondary N) is 1. The second-order valence-corrected chi connectivity index (χ2v) is 9.75. The number of aliphatic imine (C=N–C) groups is 1. The van der Waals surface area contributed by atoms with Crippen molar-refractivity contribution in [3.8, 4) is 0 Å². The molecule has 2 aliphatic rings. The molecular formula is C27H22F2N4O2S. The van der Waals surface area contributed by atoms with E-state index in [1.165, 1.54) is 30.0 Å². The molecule has 2 amide bonds. The molecule has 1 N–H and O–H groups in total. The predicted octanol–water partition coefficient (Wildman–Crippen LogP) is 5.45. The minimum Gasteiger partial charge on any atom is -0.326 e. The van der Waals surface area contributed by atoms with Gasteiger partial charge in [0.2, 0.25) is 5.91 Å². The Hall–Kier alpha value is -3.85. The number of benzene rings is 3. The quantitative estimate of drug-likeness (QED) is 0.501. The van der Waals surface area contributed by atoms with Crippen molar-refractivity contribution in [3.05, 3.63) is 101 Å². The number of aryl methyl sites for hydroxylation is 1. The van der Waals surface area contributed by atoms with E-state index >= 15 is 0 Å². The van der Waals surface area contributed by atoms with Crippen molar-refractivity contribution in [2.24, 2.45) is 10.1 Å². The number of anilines is 1. The molecule has 0 saturated carbocycles. The SMILES string of the molecule is Cc1ccc(NC(=O)CC2SC(N3N=C(c4ccccc4)CC3c3ccc(F)cc3)=NC2=O)cc1F. The summed E-state index contributed by atoms with van der Waals surface area (Å²) in [6.07, 6.45) is 0.434. The van der Waals surface area contributed by atoms with Crippen LogP contribution in [0.2, 0.25) is 0 Å². The van der Waals surface area contributed by atoms with Gasteiger partial charge in [0.15, 0.2) is 5.17 Å². The molecule has 2 heterocycles. The van der Waals surface area contributed by atoms with Gasteiger partial charge in [-0.2, -0.15) is 10.1 Å². The number of amides is 2. The molecule has 0 spiro atoms. The van der Waals surface area contributed by atoms with E-state index < -0.39 is 22.9 Å². The van der Waals surface area contributed by atoms with Gasteiger partial charge in [-0.05, 0) is 47.9 Å². The third-order valence-corrected chi connectivity index (χ3v) is 7.17. The second kappa shape index (κ2) is 10.0. The molecule has 6 nitrogen and oxygen atoms in total. The highest BCUT2D eigenvalue weighted by Crippen LogP contribution is 2.38. The summed E-state index contributed by atoms with van der Waals surface area (Å²) in [5.41, 5.74) is 3.41. The molecule has 0 fully saturated rings. The maximum atomic E-state index is 13.8. The second-order valence-electron chi connectivity index (χ2n) is 8.58. The Kier molecular flexibility index (Phi) is 6.65. The van der Waals surface area contributed by atoms with E-state index in [4.69, 9.17) is 5.10 Å². The maximum absolute atomic E-state index is 13.8. The van der Waals surface area contributed by atoms with E-state index in [0.717, 1.165) is 16.8 Å². The molecule has 0 saturated heterocycles. The van der Waals surface area contributed by atoms with Crippen LogP contribution >= 0.6 is 11.8 Å². The predicted molar refractivity (Wildman–Crippen MR) is 137 cm³/mol. The van der Waals surface area contributed by atoms with Gasteiger partial charge in [0, 0.05) is 18.5 Å². The lowest BCUT2D eigenvalue weighted by molar-refractivity contribution is -0.121. The molecule has 2 atom stereocenters. The number of amidine groups is 1. The topological polar surface area (TPSA) is 74.1 Å². The first-order valence-electron chi connectivity index (χ1n) is 11.4. The van der Waals surface area contributed by atoms with Gasteiger partial charge in [0.05, 0.1) is 11.8 Å². The highest BCUT2D eigenvalue weighted by molar-refractivity contribution is 8.15. The minimum atomic E-state index is -0.722. The van der Waals surface area contributed by atoms with Crippen molar-refractivity contribution in [1.82, 2.24) is 5.01 Å². The van der Waals surface area contributed by atoms with Crippen LogP contribution in [0.25, 0.3) is 0 Å². The van der Waals surface area contributed by atoms with Gasteiger partial charge >= 0.3 is 0 Å². The van der Waals surface area contributed by atoms with Crippen molar-refractivity contribution in [2.45, 2.75) is 31.1 Å². The lowest BCUT2D eigenvalue weighted by Gasteiger charge is -2.23. The number of rotatable bonds is 5. The average Bonchev–Trinajstić information content (AvgIpc) is 3.46. The van der Waals surface area contributed by atoms with Gasteiger partial charge in [-0.3, -0.25) is 9.59 Å². The minimum absolute atomic E-state index is 0.115. The smallest absolute Gasteiger partial charge is 0.262 e. The number of hydrazone groups is 1. The number of thioether (sulfide) groups is 1. The molecule has 0 radical (unpaired) electrons. The van der Waals surface area contributed by atoms with Crippen LogP contribution in [0, 0.1) is 18.6 Å². The van der Waals surface area contributed by atoms with Gasteiger partial charge < -0.3 is 5.32 Å². The number of carbonyl (C=O) groups is 2. The van der Waals surface area contributed by atoms with Gasteiger partial charge in [-0.25, -0.2) is 13.8 Å². The van der Waals surface area contributed by atoms with Crippen molar-refractivity contribution >= 4 is 40.1 Å². The Morgan fingerprint density at radius 3 is 2.56 bits per heavy atom. The third kappa shape index (κ3) is 5.06. The van der Waals surface area contributed by atoms with Crippen LogP contribution < -0.4 is 5.32 Å². The van der Waals surface area contributed by atoms with E-state index in [1.54, 1.807) is 36.2 Å². The summed E-state index contributed by atoms with van der Waals surface area (Å²) in [6, 6.07) is 20.0. The number of nitrogens with zero attached hydrogens (tertiary/aromatic N) is 3. The molecule has 3 aromatic carbocycles. The zero-order chi connectivity index (χ0) is 25.2. The Morgan fingerprint density at radius 2 is 1.83 bits per heavy atom. The molecule has 2 unspecified atom stereocenters. The lowest BCUT2D eigenvalue weighted by Crippen LogP contribution is -2.25. The van der Waals surface area contributed by atoms with Crippen LogP contribution in [0.4, 0.5) is 14.5 Å². The monoisotopic (exact) mass is 504 g/mol. The lowest BCUT2D eigenvalue weighted by atomic mass is 9.99. The first kappa shape index (κ1) is 23.9. The van der Waals surface area contributed by atoms with Crippen molar-refractivity contribution < 1.29 is 18.4 Å². The number of halogens is 2. The molecule has 3 aromatic rings. The van der Waals surface area contributed by atoms with Gasteiger partial charge in [-0.1, -0.05) is 60.3 Å². The zero-order valence-corrected chi connectivity index (χ0v) is 20.1. The van der Waals surface area contributed by atoms with Crippen LogP contribution in [0.5, 0.6) is 0 Å². The van der Waals surface area contributed by atoms with Gasteiger partial charge in [0.25, 0.3) is 5.91 Å². The first-order valence-corrected chi connectivity index (χ1v) is 12.3. The van der Waals surface area contributed by atoms with Crippen molar-refractivity contribution in [2.75, 3.05) is 5.32 Å². The van der Waals surface area contributed by atoms with E-state index in [1.807, 2.05) is 30.3 Å². The van der Waals surface area contributed by atoms with Crippen LogP contribution in [-0.4, -0.2) is 33.0 Å². The fourth-order valence-electron chi connectivity index (χ4n) is 4.09. The normalized spacial score (nSPS) is 19.3. The molecule has 182 valence electrons. The maximum Gasteiger partial charge on any atom is 0.262 e. The molecule has 0 aromatic heterocycles. The molecule has 2 aliphatic heterocycles. The largest absolute Gasteiger partial charge is 0.326 e. The number of hydrogen-bond donors (Lipinski definition) is 1. The Balaban J connectivity index is 1.33. The Labute approximate surface area is 211 Å². The fourth-order valence-corrected chi connectivity index (χ4v) is 5.15. The summed E-state index contributed by atoms with van der Waals surface area (Å²) in [4.78, 5) is 29.5. The summed E-state index contributed by atoms with van der Waals surface area (Å²) in [6.45, 7) is 1.64. The summed E-state index contributed by atoms with van der Waals surface area (Å²) < 4.78 is 27.4. The van der Waals surface area contributed by atoms with E-state index in [0.29, 0.717) is 22.8 Å². The van der Waals surface area contributed by atoms with E-state index in [-0.39, 0.29) is 18.3 Å². The average molecular weight is 505 g/mol. The third-order valence-electron chi connectivity index (χ3n) is 6.02. The summed E-state index contributed by atoms with van der Waals surface area (Å²) >= 11 is 1.17. The van der Waals surface area contributed by atoms with E-state index in [2.05, 4.69) is 10.3 Å². The number of carbonyl (C=O) groups excluding carboxylic acids is 2. The van der Waals surface area contributed by atoms with Crippen LogP contribution in [-0.2, 0) is 9.59 Å². The molecule has 36 heavy (non-hydrogen) atoms. The van der Waals surface area contributed by atoms with Gasteiger partial charge in [-0.15, -0.1) is 0 Å². The molecule has 0 bridgehead atoms. The van der Waals surface area contributed by atoms with Crippen LogP contribution in [0.3, 0.4) is 0 Å². The Morgan fingerprint density at radius 1 is 1.08 bits per heavy atom. The number of hydrogen-bond acceptors (Lipinski definition) is 5. The first-order chi connectivity index (χ1) is 17.4. The molecule has 0 aliphatic carbocycles. The standard InChI is InChI=1S/C27H22F2N4O2S/c1-16-7-12-20(13-21(16)29)30-25(34)15-24-26(35)31-27(36-24)33-23(18-8-10-19(28)11-9-18)14-22(32-33)17-5-3-2-4-6-17/h2-13,23-24H,14-15H2,1H3,(H,30,34). The van der Waals surface area contributed by atoms with E-state index in [9.17, 15) is 18.4 Å². The Bertz CT molecular complexity index is 1380. The van der Waals surface area contributed by atoms with Crippen molar-refractivity contribution in [1.29, 1.82) is 0 Å².